The van der Waals surface area contributed by atoms with Crippen molar-refractivity contribution in [2.45, 2.75) is 144 Å². The second-order valence-electron chi connectivity index (χ2n) is 20.3. The SMILES string of the molecule is BrC(Br)Br.BrC(Br)Br.BrC1(Br)C2C=CCCC21.BrC1(Br)C2CC=CCC21.C1=CCC=CC1.C1=CCCC=C1.CC(C)(C)[O-].CC(C)(C)[O-].O=c1cc(Br)cccc1O.O=c1ccc(Br)ccc1O.OC1CC2C(CC1O)C2(Br)Br.[K+].[K+]. The van der Waals surface area contributed by atoms with Crippen LogP contribution in [0.3, 0.4) is 0 Å². The van der Waals surface area contributed by atoms with Gasteiger partial charge in [0.25, 0.3) is 0 Å². The molecule has 81 heavy (non-hydrogen) atoms. The van der Waals surface area contributed by atoms with Crippen molar-refractivity contribution >= 4 is 223 Å². The molecule has 2 aromatic carbocycles. The van der Waals surface area contributed by atoms with E-state index in [0.29, 0.717) is 32.4 Å². The summed E-state index contributed by atoms with van der Waals surface area (Å²) >= 11 is 46.6. The van der Waals surface area contributed by atoms with E-state index in [4.69, 9.17) is 10.2 Å². The van der Waals surface area contributed by atoms with Gasteiger partial charge in [0.2, 0.25) is 10.9 Å². The largest absolute Gasteiger partial charge is 1.00 e. The molecule has 8 aliphatic rings. The fourth-order valence-electron chi connectivity index (χ4n) is 7.28. The fourth-order valence-corrected chi connectivity index (χ4v) is 13.1. The van der Waals surface area contributed by atoms with E-state index in [9.17, 15) is 30.0 Å². The van der Waals surface area contributed by atoms with Gasteiger partial charge in [-0.1, -0.05) is 344 Å². The van der Waals surface area contributed by atoms with E-state index in [0.717, 1.165) is 41.0 Å². The van der Waals surface area contributed by atoms with Crippen LogP contribution < -0.4 is 124 Å². The van der Waals surface area contributed by atoms with Crippen LogP contribution in [0, 0.1) is 35.5 Å². The molecule has 8 aliphatic carbocycles. The van der Waals surface area contributed by atoms with Gasteiger partial charge in [0, 0.05) is 20.9 Å². The summed E-state index contributed by atoms with van der Waals surface area (Å²) in [5.74, 6) is 3.90. The van der Waals surface area contributed by atoms with Gasteiger partial charge < -0.3 is 30.6 Å². The van der Waals surface area contributed by atoms with E-state index in [-0.39, 0.29) is 137 Å². The second kappa shape index (κ2) is 47.5. The molecule has 0 spiro atoms. The van der Waals surface area contributed by atoms with E-state index in [1.807, 2.05) is 0 Å². The van der Waals surface area contributed by atoms with Gasteiger partial charge in [0.15, 0.2) is 11.5 Å². The number of hydrogen-bond acceptors (Lipinski definition) is 8. The molecule has 10 rings (SSSR count). The molecule has 2 aromatic rings. The van der Waals surface area contributed by atoms with Gasteiger partial charge >= 0.3 is 103 Å². The molecule has 8 unspecified atom stereocenters. The summed E-state index contributed by atoms with van der Waals surface area (Å²) in [4.78, 5) is 21.5. The van der Waals surface area contributed by atoms with Crippen LogP contribution in [0.2, 0.25) is 0 Å². The first-order chi connectivity index (χ1) is 36.3. The normalized spacial score (nSPS) is 24.5. The van der Waals surface area contributed by atoms with E-state index in [1.54, 1.807) is 65.8 Å². The van der Waals surface area contributed by atoms with Crippen molar-refractivity contribution in [2.24, 2.45) is 35.5 Å². The summed E-state index contributed by atoms with van der Waals surface area (Å²) in [5.41, 5.74) is -2.25. The Morgan fingerprint density at radius 1 is 0.506 bits per heavy atom. The van der Waals surface area contributed by atoms with Gasteiger partial charge in [-0.3, -0.25) is 9.59 Å². The molecule has 24 heteroatoms. The van der Waals surface area contributed by atoms with Crippen molar-refractivity contribution < 1.29 is 133 Å². The predicted molar refractivity (Wildman–Crippen MR) is 381 cm³/mol. The molecule has 8 nitrogen and oxygen atoms in total. The zero-order chi connectivity index (χ0) is 61.0. The fraction of sp³-hybridized carbons (Fsp3) is 0.544. The molecule has 0 aliphatic heterocycles. The average Bonchev–Trinajstić information content (AvgIpc) is 4.27. The van der Waals surface area contributed by atoms with Gasteiger partial charge in [-0.25, -0.2) is 0 Å². The number of alkyl halides is 12. The molecule has 0 saturated heterocycles. The van der Waals surface area contributed by atoms with Gasteiger partial charge in [0.05, 0.1) is 21.9 Å². The number of halogens is 14. The standard InChI is InChI=1S/C7H10Br2O2.2C7H8Br2.2C7H5BrO2.2C6H8.2C4H9O.2CHBr3.2K/c8-7(9)3-1-5(10)6(11)2-4(3)7;2*8-7(9)5-3-1-2-4-6(5)7;8-5-1-3-6(9)7(10)4-2-5;8-5-2-1-3-6(9)7(10)4-5;2*1-2-4-6-5-3-1;2*1-4(2,3)5;2*2-1(3)4;;/h3-6,10-11H,1-2H2;1,3,5-6H,2,4H2;1-2,5-6H,3-4H2;2*1-4H,(H,9,10);1-2,5-6H,3-4H2;1-4H,5-6H2;2*1-3H3;2*1H;;/q;;;;;;;2*-1;;;2*+1. The number of allylic oxidation sites excluding steroid dienone is 12. The summed E-state index contributed by atoms with van der Waals surface area (Å²) in [6.07, 6.45) is 36.7. The van der Waals surface area contributed by atoms with Crippen molar-refractivity contribution in [3.05, 3.63) is 151 Å². The van der Waals surface area contributed by atoms with Crippen LogP contribution in [0.4, 0.5) is 0 Å². The first-order valence-electron chi connectivity index (χ1n) is 25.0. The molecule has 4 N–H and O–H groups in total. The quantitative estimate of drug-likeness (QED) is 0.115. The Morgan fingerprint density at radius 3 is 1.22 bits per heavy atom. The van der Waals surface area contributed by atoms with Crippen molar-refractivity contribution in [2.75, 3.05) is 0 Å². The molecular formula is C57H72Br14K2O8. The van der Waals surface area contributed by atoms with E-state index >= 15 is 0 Å². The number of hydrogen-bond donors (Lipinski definition) is 4. The molecule has 8 atom stereocenters. The first-order valence-corrected chi connectivity index (χ1v) is 36.8. The third-order valence-electron chi connectivity index (χ3n) is 11.2. The number of aromatic hydroxyl groups is 2. The molecule has 4 fully saturated rings. The van der Waals surface area contributed by atoms with E-state index < -0.39 is 23.4 Å². The van der Waals surface area contributed by atoms with Crippen LogP contribution in [-0.2, 0) is 0 Å². The van der Waals surface area contributed by atoms with Crippen molar-refractivity contribution in [3.8, 4) is 11.5 Å². The third-order valence-corrected chi connectivity index (χ3v) is 19.2. The molecule has 0 bridgehead atoms. The molecule has 448 valence electrons. The summed E-state index contributed by atoms with van der Waals surface area (Å²) in [6, 6.07) is 11.8. The summed E-state index contributed by atoms with van der Waals surface area (Å²) in [5, 5.41) is 56.6. The Morgan fingerprint density at radius 2 is 0.889 bits per heavy atom. The molecule has 0 amide bonds. The van der Waals surface area contributed by atoms with Gasteiger partial charge in [-0.15, -0.1) is 11.2 Å². The van der Waals surface area contributed by atoms with Crippen LogP contribution >= 0.6 is 223 Å². The summed E-state index contributed by atoms with van der Waals surface area (Å²) < 4.78 is 2.58. The van der Waals surface area contributed by atoms with Gasteiger partial charge in [0.1, 0.15) is 5.29 Å². The Balaban J connectivity index is -0.000000838. The molecule has 0 radical (unpaired) electrons. The minimum Gasteiger partial charge on any atom is -0.850 e. The summed E-state index contributed by atoms with van der Waals surface area (Å²) in [7, 11) is 0. The monoisotopic (exact) mass is 2070 g/mol. The Bertz CT molecular complexity index is 2280. The molecule has 0 aromatic heterocycles. The van der Waals surface area contributed by atoms with E-state index in [1.165, 1.54) is 62.8 Å². The zero-order valence-corrected chi connectivity index (χ0v) is 75.1. The minimum absolute atomic E-state index is 0. The minimum atomic E-state index is -0.750. The summed E-state index contributed by atoms with van der Waals surface area (Å²) in [6.45, 7) is 9.79. The van der Waals surface area contributed by atoms with Crippen LogP contribution in [0.1, 0.15) is 106 Å². The van der Waals surface area contributed by atoms with Gasteiger partial charge in [-0.2, -0.15) is 0 Å². The van der Waals surface area contributed by atoms with Gasteiger partial charge in [-0.05, 0) is 130 Å². The predicted octanol–water partition coefficient (Wildman–Crippen LogP) is 13.4. The maximum absolute atomic E-state index is 10.8. The number of aliphatic hydroxyl groups excluding tert-OH is 2. The van der Waals surface area contributed by atoms with Crippen LogP contribution in [0.15, 0.2) is 140 Å². The second-order valence-corrected chi connectivity index (χ2v) is 46.1. The Kier molecular flexibility index (Phi) is 53.3. The Labute approximate surface area is 685 Å². The zero-order valence-electron chi connectivity index (χ0n) is 46.6. The van der Waals surface area contributed by atoms with Crippen molar-refractivity contribution in [1.82, 2.24) is 0 Å². The van der Waals surface area contributed by atoms with Crippen molar-refractivity contribution in [1.29, 1.82) is 0 Å². The smallest absolute Gasteiger partial charge is 0.850 e. The molecule has 0 heterocycles. The maximum atomic E-state index is 10.8. The molecular weight excluding hydrogens is 2010 g/mol. The maximum Gasteiger partial charge on any atom is 1.00 e. The van der Waals surface area contributed by atoms with Crippen molar-refractivity contribution in [3.63, 3.8) is 0 Å². The third kappa shape index (κ3) is 46.4. The number of rotatable bonds is 0. The average molecular weight is 2080 g/mol. The molecule has 4 saturated carbocycles. The topological polar surface area (TPSA) is 161 Å². The first kappa shape index (κ1) is 90.8. The van der Waals surface area contributed by atoms with Crippen LogP contribution in [-0.4, -0.2) is 58.8 Å². The Hall–Kier alpha value is 5.65. The number of fused-ring (bicyclic) bond motifs is 3. The number of aliphatic hydroxyl groups is 2. The van der Waals surface area contributed by atoms with Crippen LogP contribution in [0.25, 0.3) is 0 Å². The van der Waals surface area contributed by atoms with Crippen LogP contribution in [0.5, 0.6) is 11.5 Å². The van der Waals surface area contributed by atoms with E-state index in [2.05, 4.69) is 296 Å².